The van der Waals surface area contributed by atoms with E-state index in [-0.39, 0.29) is 6.04 Å². The van der Waals surface area contributed by atoms with Crippen LogP contribution in [0.1, 0.15) is 17.3 Å². The molecule has 3 N–H and O–H groups in total. The van der Waals surface area contributed by atoms with Crippen LogP contribution in [0.3, 0.4) is 0 Å². The SMILES string of the molecule is COCCn1ncc(Cl)c1C(NN)c1ccccc1. The summed E-state index contributed by atoms with van der Waals surface area (Å²) >= 11 is 6.23. The van der Waals surface area contributed by atoms with E-state index in [0.717, 1.165) is 11.3 Å². The number of nitrogens with one attached hydrogen (secondary N) is 1. The minimum atomic E-state index is -0.201. The number of hydrogen-bond donors (Lipinski definition) is 2. The Morgan fingerprint density at radius 3 is 2.79 bits per heavy atom. The molecule has 2 rings (SSSR count). The molecular formula is C13H17ClN4O. The molecule has 0 saturated heterocycles. The van der Waals surface area contributed by atoms with E-state index in [4.69, 9.17) is 22.2 Å². The van der Waals surface area contributed by atoms with Gasteiger partial charge in [0.25, 0.3) is 0 Å². The Morgan fingerprint density at radius 2 is 2.16 bits per heavy atom. The first-order valence-corrected chi connectivity index (χ1v) is 6.37. The number of benzene rings is 1. The molecule has 1 aromatic heterocycles. The maximum atomic E-state index is 6.23. The normalized spacial score (nSPS) is 12.6. The van der Waals surface area contributed by atoms with E-state index in [1.165, 1.54) is 0 Å². The van der Waals surface area contributed by atoms with Crippen molar-refractivity contribution in [3.63, 3.8) is 0 Å². The second-order valence-electron chi connectivity index (χ2n) is 4.10. The van der Waals surface area contributed by atoms with Gasteiger partial charge in [-0.1, -0.05) is 41.9 Å². The number of hydrazine groups is 1. The summed E-state index contributed by atoms with van der Waals surface area (Å²) in [5, 5.41) is 4.84. The van der Waals surface area contributed by atoms with Crippen molar-refractivity contribution in [3.8, 4) is 0 Å². The fourth-order valence-electron chi connectivity index (χ4n) is 1.99. The molecule has 1 atom stereocenters. The highest BCUT2D eigenvalue weighted by Gasteiger charge is 2.20. The lowest BCUT2D eigenvalue weighted by Gasteiger charge is -2.18. The van der Waals surface area contributed by atoms with Gasteiger partial charge in [0.15, 0.2) is 0 Å². The first kappa shape index (κ1) is 14.0. The van der Waals surface area contributed by atoms with Gasteiger partial charge in [0.1, 0.15) is 0 Å². The Hall–Kier alpha value is -1.40. The van der Waals surface area contributed by atoms with Crippen LogP contribution in [-0.4, -0.2) is 23.5 Å². The van der Waals surface area contributed by atoms with Crippen LogP contribution in [0, 0.1) is 0 Å². The third kappa shape index (κ3) is 3.13. The largest absolute Gasteiger partial charge is 0.383 e. The summed E-state index contributed by atoms with van der Waals surface area (Å²) < 4.78 is 6.88. The van der Waals surface area contributed by atoms with Crippen LogP contribution in [0.25, 0.3) is 0 Å². The van der Waals surface area contributed by atoms with E-state index < -0.39 is 0 Å². The predicted octanol–water partition coefficient (Wildman–Crippen LogP) is 1.74. The van der Waals surface area contributed by atoms with Crippen LogP contribution in [0.2, 0.25) is 5.02 Å². The summed E-state index contributed by atoms with van der Waals surface area (Å²) in [6.45, 7) is 1.20. The van der Waals surface area contributed by atoms with E-state index in [1.807, 2.05) is 35.0 Å². The second kappa shape index (κ2) is 6.68. The van der Waals surface area contributed by atoms with Gasteiger partial charge in [0.05, 0.1) is 36.1 Å². The molecule has 102 valence electrons. The van der Waals surface area contributed by atoms with Crippen molar-refractivity contribution in [1.82, 2.24) is 15.2 Å². The van der Waals surface area contributed by atoms with Crippen molar-refractivity contribution in [1.29, 1.82) is 0 Å². The van der Waals surface area contributed by atoms with Crippen LogP contribution in [0.4, 0.5) is 0 Å². The minimum absolute atomic E-state index is 0.201. The Kier molecular flexibility index (Phi) is 4.93. The van der Waals surface area contributed by atoms with Crippen molar-refractivity contribution >= 4 is 11.6 Å². The van der Waals surface area contributed by atoms with E-state index >= 15 is 0 Å². The molecule has 0 fully saturated rings. The molecule has 19 heavy (non-hydrogen) atoms. The molecule has 0 aliphatic rings. The van der Waals surface area contributed by atoms with Gasteiger partial charge in [-0.25, -0.2) is 5.43 Å². The van der Waals surface area contributed by atoms with E-state index in [0.29, 0.717) is 18.2 Å². The van der Waals surface area contributed by atoms with Gasteiger partial charge >= 0.3 is 0 Å². The summed E-state index contributed by atoms with van der Waals surface area (Å²) in [6.07, 6.45) is 1.62. The Bertz CT molecular complexity index is 515. The van der Waals surface area contributed by atoms with Gasteiger partial charge in [0, 0.05) is 7.11 Å². The number of aromatic nitrogens is 2. The van der Waals surface area contributed by atoms with Crippen LogP contribution in [-0.2, 0) is 11.3 Å². The molecule has 2 aromatic rings. The number of nitrogens with zero attached hydrogens (tertiary/aromatic N) is 2. The zero-order chi connectivity index (χ0) is 13.7. The molecule has 0 amide bonds. The number of nitrogens with two attached hydrogens (primary N) is 1. The summed E-state index contributed by atoms with van der Waals surface area (Å²) in [7, 11) is 1.65. The van der Waals surface area contributed by atoms with Crippen molar-refractivity contribution in [2.45, 2.75) is 12.6 Å². The molecule has 0 saturated carbocycles. The van der Waals surface area contributed by atoms with Crippen molar-refractivity contribution in [2.75, 3.05) is 13.7 Å². The third-order valence-electron chi connectivity index (χ3n) is 2.91. The van der Waals surface area contributed by atoms with Gasteiger partial charge in [-0.05, 0) is 5.56 Å². The van der Waals surface area contributed by atoms with Gasteiger partial charge in [0.2, 0.25) is 0 Å². The van der Waals surface area contributed by atoms with Crippen molar-refractivity contribution < 1.29 is 4.74 Å². The first-order valence-electron chi connectivity index (χ1n) is 5.99. The van der Waals surface area contributed by atoms with Gasteiger partial charge < -0.3 is 4.74 Å². The van der Waals surface area contributed by atoms with Crippen LogP contribution < -0.4 is 11.3 Å². The van der Waals surface area contributed by atoms with E-state index in [2.05, 4.69) is 10.5 Å². The third-order valence-corrected chi connectivity index (χ3v) is 3.20. The smallest absolute Gasteiger partial charge is 0.0893 e. The number of rotatable bonds is 6. The highest BCUT2D eigenvalue weighted by atomic mass is 35.5. The summed E-state index contributed by atoms with van der Waals surface area (Å²) in [5.41, 5.74) is 4.67. The maximum Gasteiger partial charge on any atom is 0.0893 e. The molecule has 5 nitrogen and oxygen atoms in total. The number of hydrogen-bond acceptors (Lipinski definition) is 4. The Balaban J connectivity index is 2.35. The maximum absolute atomic E-state index is 6.23. The highest BCUT2D eigenvalue weighted by molar-refractivity contribution is 6.31. The molecule has 0 radical (unpaired) electrons. The lowest BCUT2D eigenvalue weighted by atomic mass is 10.0. The summed E-state index contributed by atoms with van der Waals surface area (Å²) in [5.74, 6) is 5.68. The highest BCUT2D eigenvalue weighted by Crippen LogP contribution is 2.27. The fraction of sp³-hybridized carbons (Fsp3) is 0.308. The van der Waals surface area contributed by atoms with Crippen LogP contribution >= 0.6 is 11.6 Å². The fourth-order valence-corrected chi connectivity index (χ4v) is 2.24. The van der Waals surface area contributed by atoms with E-state index in [1.54, 1.807) is 13.3 Å². The molecule has 1 aromatic carbocycles. The van der Waals surface area contributed by atoms with Gasteiger partial charge in [-0.15, -0.1) is 0 Å². The minimum Gasteiger partial charge on any atom is -0.383 e. The Labute approximate surface area is 117 Å². The standard InChI is InChI=1S/C13H17ClN4O/c1-19-8-7-18-13(11(14)9-16-18)12(17-15)10-5-3-2-4-6-10/h2-6,9,12,17H,7-8,15H2,1H3. The molecule has 1 heterocycles. The summed E-state index contributed by atoms with van der Waals surface area (Å²) in [4.78, 5) is 0. The molecule has 6 heteroatoms. The monoisotopic (exact) mass is 280 g/mol. The number of ether oxygens (including phenoxy) is 1. The predicted molar refractivity (Wildman–Crippen MR) is 74.7 cm³/mol. The lowest BCUT2D eigenvalue weighted by Crippen LogP contribution is -2.31. The number of methoxy groups -OCH3 is 1. The molecule has 0 aliphatic heterocycles. The summed E-state index contributed by atoms with van der Waals surface area (Å²) in [6, 6.07) is 9.67. The number of halogens is 1. The zero-order valence-corrected chi connectivity index (χ0v) is 11.5. The quantitative estimate of drug-likeness (QED) is 0.625. The lowest BCUT2D eigenvalue weighted by molar-refractivity contribution is 0.182. The first-order chi connectivity index (χ1) is 9.27. The molecular weight excluding hydrogens is 264 g/mol. The topological polar surface area (TPSA) is 65.1 Å². The van der Waals surface area contributed by atoms with Gasteiger partial charge in [-0.2, -0.15) is 5.10 Å². The van der Waals surface area contributed by atoms with Crippen LogP contribution in [0.15, 0.2) is 36.5 Å². The van der Waals surface area contributed by atoms with Crippen molar-refractivity contribution in [3.05, 3.63) is 52.8 Å². The van der Waals surface area contributed by atoms with Crippen molar-refractivity contribution in [2.24, 2.45) is 5.84 Å². The molecule has 0 bridgehead atoms. The Morgan fingerprint density at radius 1 is 1.42 bits per heavy atom. The second-order valence-corrected chi connectivity index (χ2v) is 4.51. The van der Waals surface area contributed by atoms with E-state index in [9.17, 15) is 0 Å². The van der Waals surface area contributed by atoms with Gasteiger partial charge in [-0.3, -0.25) is 10.5 Å². The molecule has 1 unspecified atom stereocenters. The molecule has 0 spiro atoms. The average Bonchev–Trinajstić information content (AvgIpc) is 2.80. The average molecular weight is 281 g/mol. The van der Waals surface area contributed by atoms with Crippen LogP contribution in [0.5, 0.6) is 0 Å². The molecule has 0 aliphatic carbocycles. The zero-order valence-electron chi connectivity index (χ0n) is 10.7.